The second-order valence-corrected chi connectivity index (χ2v) is 15.3. The summed E-state index contributed by atoms with van der Waals surface area (Å²) in [5.74, 6) is 0.752. The largest absolute Gasteiger partial charge is 0.481 e. The summed E-state index contributed by atoms with van der Waals surface area (Å²) in [6, 6.07) is 0. The van der Waals surface area contributed by atoms with Crippen LogP contribution in [0.15, 0.2) is 23.8 Å². The van der Waals surface area contributed by atoms with Gasteiger partial charge in [0.05, 0.1) is 5.41 Å². The fourth-order valence-corrected chi connectivity index (χ4v) is 10.8. The Labute approximate surface area is 213 Å². The van der Waals surface area contributed by atoms with Gasteiger partial charge in [0.2, 0.25) is 0 Å². The molecule has 3 heteroatoms. The Bertz CT molecular complexity index is 1020. The van der Waals surface area contributed by atoms with Crippen molar-refractivity contribution in [3.8, 4) is 0 Å². The quantitative estimate of drug-likeness (QED) is 0.409. The smallest absolute Gasteiger partial charge is 0.310 e. The number of rotatable bonds is 2. The average molecular weight is 481 g/mol. The minimum atomic E-state index is -0.595. The van der Waals surface area contributed by atoms with E-state index >= 15 is 0 Å². The second-order valence-electron chi connectivity index (χ2n) is 15.3. The van der Waals surface area contributed by atoms with E-state index in [2.05, 4.69) is 66.7 Å². The van der Waals surface area contributed by atoms with Gasteiger partial charge in [-0.05, 0) is 103 Å². The van der Waals surface area contributed by atoms with Gasteiger partial charge in [-0.15, -0.1) is 0 Å². The van der Waals surface area contributed by atoms with E-state index in [0.29, 0.717) is 17.6 Å². The van der Waals surface area contributed by atoms with Crippen LogP contribution in [0.2, 0.25) is 0 Å². The molecule has 8 atom stereocenters. The van der Waals surface area contributed by atoms with Gasteiger partial charge in [0.25, 0.3) is 0 Å². The standard InChI is InChI=1S/C32H48O3/c1-20(33)21-11-13-28(4,5)24-12-14-30(7)25(31(21,24)8)10-9-22-23-19-27(2,3)15-17-32(23,26(34)35)18-16-29(22,30)6/h9,11,13,21,23-25H,10,12,14-19H2,1-8H3,(H,34,35)/t21?,23?,24?,25?,29-,30-,31+,32?/m1/s1. The summed E-state index contributed by atoms with van der Waals surface area (Å²) in [7, 11) is 0. The predicted molar refractivity (Wildman–Crippen MR) is 141 cm³/mol. The molecule has 5 unspecified atom stereocenters. The van der Waals surface area contributed by atoms with Crippen LogP contribution in [-0.2, 0) is 9.59 Å². The van der Waals surface area contributed by atoms with E-state index in [4.69, 9.17) is 0 Å². The van der Waals surface area contributed by atoms with Crippen molar-refractivity contribution in [2.45, 2.75) is 107 Å². The molecular formula is C32H48O3. The maximum absolute atomic E-state index is 13.1. The number of carbonyl (C=O) groups is 2. The lowest BCUT2D eigenvalue weighted by molar-refractivity contribution is -0.187. The van der Waals surface area contributed by atoms with Gasteiger partial charge in [0.1, 0.15) is 5.78 Å². The number of hydrogen-bond acceptors (Lipinski definition) is 2. The zero-order valence-electron chi connectivity index (χ0n) is 23.5. The third-order valence-electron chi connectivity index (χ3n) is 13.0. The van der Waals surface area contributed by atoms with Crippen LogP contribution in [0.4, 0.5) is 0 Å². The van der Waals surface area contributed by atoms with Crippen molar-refractivity contribution in [1.82, 2.24) is 0 Å². The van der Waals surface area contributed by atoms with Crippen molar-refractivity contribution in [3.05, 3.63) is 23.8 Å². The van der Waals surface area contributed by atoms with E-state index in [1.165, 1.54) is 12.0 Å². The van der Waals surface area contributed by atoms with Crippen molar-refractivity contribution in [2.24, 2.45) is 56.2 Å². The van der Waals surface area contributed by atoms with Crippen LogP contribution in [0.1, 0.15) is 107 Å². The fourth-order valence-electron chi connectivity index (χ4n) is 10.8. The van der Waals surface area contributed by atoms with Gasteiger partial charge in [-0.1, -0.05) is 72.3 Å². The summed E-state index contributed by atoms with van der Waals surface area (Å²) >= 11 is 0. The highest BCUT2D eigenvalue weighted by molar-refractivity contribution is 5.81. The van der Waals surface area contributed by atoms with Crippen molar-refractivity contribution >= 4 is 11.8 Å². The molecule has 3 fully saturated rings. The van der Waals surface area contributed by atoms with E-state index in [9.17, 15) is 14.7 Å². The summed E-state index contributed by atoms with van der Waals surface area (Å²) in [6.07, 6.45) is 14.9. The number of carboxylic acids is 1. The molecule has 0 aromatic rings. The second kappa shape index (κ2) is 7.35. The highest BCUT2D eigenvalue weighted by Gasteiger charge is 2.69. The molecule has 3 saturated carbocycles. The van der Waals surface area contributed by atoms with Crippen LogP contribution in [0.25, 0.3) is 0 Å². The lowest BCUT2D eigenvalue weighted by atomic mass is 9.33. The first-order chi connectivity index (χ1) is 16.1. The van der Waals surface area contributed by atoms with Crippen molar-refractivity contribution < 1.29 is 14.7 Å². The number of carboxylic acid groups (broad SMARTS) is 1. The molecule has 194 valence electrons. The lowest BCUT2D eigenvalue weighted by Crippen LogP contribution is -2.65. The summed E-state index contributed by atoms with van der Waals surface area (Å²) in [5, 5.41) is 10.5. The molecule has 0 amide bonds. The van der Waals surface area contributed by atoms with E-state index in [1.807, 2.05) is 0 Å². The molecule has 0 saturated heterocycles. The number of allylic oxidation sites excluding steroid dienone is 4. The summed E-state index contributed by atoms with van der Waals surface area (Å²) < 4.78 is 0. The van der Waals surface area contributed by atoms with Crippen molar-refractivity contribution in [3.63, 3.8) is 0 Å². The minimum absolute atomic E-state index is 0.00637. The molecule has 0 aromatic carbocycles. The first kappa shape index (κ1) is 25.3. The molecule has 5 rings (SSSR count). The molecule has 35 heavy (non-hydrogen) atoms. The third kappa shape index (κ3) is 3.08. The molecule has 3 nitrogen and oxygen atoms in total. The molecule has 0 radical (unpaired) electrons. The van der Waals surface area contributed by atoms with Gasteiger partial charge in [-0.25, -0.2) is 0 Å². The normalized spacial score (nSPS) is 49.5. The van der Waals surface area contributed by atoms with E-state index < -0.39 is 11.4 Å². The molecule has 1 N–H and O–H groups in total. The van der Waals surface area contributed by atoms with E-state index in [1.54, 1.807) is 6.92 Å². The van der Waals surface area contributed by atoms with Crippen LogP contribution in [0.3, 0.4) is 0 Å². The number of aliphatic carboxylic acids is 1. The number of fused-ring (bicyclic) bond motifs is 7. The first-order valence-electron chi connectivity index (χ1n) is 14.2. The molecule has 0 spiro atoms. The van der Waals surface area contributed by atoms with Gasteiger partial charge in [0, 0.05) is 5.92 Å². The maximum atomic E-state index is 13.1. The summed E-state index contributed by atoms with van der Waals surface area (Å²) in [6.45, 7) is 18.6. The Balaban J connectivity index is 1.65. The van der Waals surface area contributed by atoms with Crippen LogP contribution in [0.5, 0.6) is 0 Å². The Kier molecular flexibility index (Phi) is 5.31. The predicted octanol–water partition coefficient (Wildman–Crippen LogP) is 7.85. The number of carbonyl (C=O) groups excluding carboxylic acids is 1. The Morgan fingerprint density at radius 3 is 2.20 bits per heavy atom. The Morgan fingerprint density at radius 2 is 1.57 bits per heavy atom. The Morgan fingerprint density at radius 1 is 0.914 bits per heavy atom. The number of hydrogen-bond donors (Lipinski definition) is 1. The SMILES string of the molecule is CC(=O)C1C=CC(C)(C)C2CC[C@]3(C)C(CC=C4C5CC(C)(C)CCC5(C(=O)O)CC[C@]43C)[C@@]12C. The zero-order valence-corrected chi connectivity index (χ0v) is 23.5. The molecule has 0 bridgehead atoms. The topological polar surface area (TPSA) is 54.4 Å². The highest BCUT2D eigenvalue weighted by Crippen LogP contribution is 2.75. The van der Waals surface area contributed by atoms with Crippen molar-refractivity contribution in [1.29, 1.82) is 0 Å². The third-order valence-corrected chi connectivity index (χ3v) is 13.0. The van der Waals surface area contributed by atoms with Crippen molar-refractivity contribution in [2.75, 3.05) is 0 Å². The molecular weight excluding hydrogens is 432 g/mol. The zero-order chi connectivity index (χ0) is 25.8. The van der Waals surface area contributed by atoms with Crippen LogP contribution in [0, 0.1) is 56.2 Å². The summed E-state index contributed by atoms with van der Waals surface area (Å²) in [5.41, 5.74) is 1.13. The fraction of sp³-hybridized carbons (Fsp3) is 0.812. The maximum Gasteiger partial charge on any atom is 0.310 e. The van der Waals surface area contributed by atoms with Crippen LogP contribution in [-0.4, -0.2) is 16.9 Å². The van der Waals surface area contributed by atoms with Gasteiger partial charge in [-0.3, -0.25) is 9.59 Å². The first-order valence-corrected chi connectivity index (χ1v) is 14.2. The molecule has 5 aliphatic rings. The molecule has 0 aromatic heterocycles. The minimum Gasteiger partial charge on any atom is -0.481 e. The molecule has 0 heterocycles. The van der Waals surface area contributed by atoms with E-state index in [-0.39, 0.29) is 38.9 Å². The lowest BCUT2D eigenvalue weighted by Gasteiger charge is -2.71. The Hall–Kier alpha value is -1.38. The number of Topliss-reactive ketones (excluding diaryl/α,β-unsaturated/α-hetero) is 1. The van der Waals surface area contributed by atoms with Gasteiger partial charge in [-0.2, -0.15) is 0 Å². The molecule has 0 aliphatic heterocycles. The highest BCUT2D eigenvalue weighted by atomic mass is 16.4. The van der Waals surface area contributed by atoms with Crippen LogP contribution >= 0.6 is 0 Å². The average Bonchev–Trinajstić information content (AvgIpc) is 2.73. The van der Waals surface area contributed by atoms with Gasteiger partial charge >= 0.3 is 5.97 Å². The van der Waals surface area contributed by atoms with Gasteiger partial charge < -0.3 is 5.11 Å². The van der Waals surface area contributed by atoms with Gasteiger partial charge in [0.15, 0.2) is 0 Å². The van der Waals surface area contributed by atoms with E-state index in [0.717, 1.165) is 44.9 Å². The number of ketones is 1. The monoisotopic (exact) mass is 480 g/mol. The molecule has 5 aliphatic carbocycles. The summed E-state index contributed by atoms with van der Waals surface area (Å²) in [4.78, 5) is 25.9. The van der Waals surface area contributed by atoms with Crippen LogP contribution < -0.4 is 0 Å².